The molecule has 1 amide bonds. The van der Waals surface area contributed by atoms with Crippen LogP contribution >= 0.6 is 0 Å². The fourth-order valence-electron chi connectivity index (χ4n) is 5.00. The first-order valence-electron chi connectivity index (χ1n) is 9.89. The first kappa shape index (κ1) is 17.9. The van der Waals surface area contributed by atoms with Gasteiger partial charge in [0.25, 0.3) is 0 Å². The lowest BCUT2D eigenvalue weighted by molar-refractivity contribution is -0.131. The Hall–Kier alpha value is -3.21. The Morgan fingerprint density at radius 2 is 1.83 bits per heavy atom. The third kappa shape index (κ3) is 2.57. The molecule has 3 aromatic rings. The Labute approximate surface area is 169 Å². The molecule has 1 fully saturated rings. The number of hydrogen-bond acceptors (Lipinski definition) is 4. The molecular weight excluding hydrogens is 366 g/mol. The normalized spacial score (nSPS) is 20.5. The fraction of sp³-hybridized carbons (Fsp3) is 0.292. The summed E-state index contributed by atoms with van der Waals surface area (Å²) in [6.07, 6.45) is 1.96. The number of fused-ring (bicyclic) bond motifs is 3. The molecule has 0 unspecified atom stereocenters. The summed E-state index contributed by atoms with van der Waals surface area (Å²) in [5.74, 6) is 1.10. The van der Waals surface area contributed by atoms with Crippen molar-refractivity contribution >= 4 is 16.7 Å². The van der Waals surface area contributed by atoms with Crippen molar-refractivity contribution in [1.82, 2.24) is 4.90 Å². The maximum absolute atomic E-state index is 12.9. The van der Waals surface area contributed by atoms with Gasteiger partial charge in [0.1, 0.15) is 0 Å². The van der Waals surface area contributed by atoms with Crippen molar-refractivity contribution in [2.24, 2.45) is 0 Å². The Morgan fingerprint density at radius 3 is 2.62 bits per heavy atom. The number of ether oxygens (including phenoxy) is 2. The van der Waals surface area contributed by atoms with E-state index >= 15 is 0 Å². The van der Waals surface area contributed by atoms with Gasteiger partial charge in [-0.05, 0) is 40.8 Å². The van der Waals surface area contributed by atoms with Gasteiger partial charge in [0, 0.05) is 18.0 Å². The number of amides is 1. The van der Waals surface area contributed by atoms with Crippen molar-refractivity contribution in [1.29, 1.82) is 0 Å². The first-order valence-corrected chi connectivity index (χ1v) is 9.89. The number of benzene rings is 3. The molecule has 2 atom stereocenters. The maximum Gasteiger partial charge on any atom is 0.223 e. The average molecular weight is 389 g/mol. The number of rotatable bonds is 3. The van der Waals surface area contributed by atoms with Crippen molar-refractivity contribution < 1.29 is 19.4 Å². The highest BCUT2D eigenvalue weighted by atomic mass is 16.5. The van der Waals surface area contributed by atoms with Crippen LogP contribution in [-0.4, -0.2) is 36.2 Å². The number of nitrogens with zero attached hydrogens (tertiary/aromatic N) is 1. The second-order valence-electron chi connectivity index (χ2n) is 7.70. The van der Waals surface area contributed by atoms with Crippen molar-refractivity contribution in [2.45, 2.75) is 31.3 Å². The molecule has 5 rings (SSSR count). The zero-order chi connectivity index (χ0) is 20.1. The Kier molecular flexibility index (Phi) is 4.12. The molecule has 1 saturated heterocycles. The van der Waals surface area contributed by atoms with Crippen LogP contribution in [0.1, 0.15) is 35.6 Å². The molecule has 5 nitrogen and oxygen atoms in total. The van der Waals surface area contributed by atoms with Gasteiger partial charge in [0.15, 0.2) is 11.5 Å². The van der Waals surface area contributed by atoms with E-state index in [9.17, 15) is 9.90 Å². The number of methoxy groups -OCH3 is 2. The van der Waals surface area contributed by atoms with Crippen LogP contribution in [0, 0.1) is 0 Å². The van der Waals surface area contributed by atoms with Gasteiger partial charge in [-0.3, -0.25) is 4.79 Å². The topological polar surface area (TPSA) is 59.0 Å². The van der Waals surface area contributed by atoms with E-state index < -0.39 is 0 Å². The Morgan fingerprint density at radius 1 is 1.03 bits per heavy atom. The quantitative estimate of drug-likeness (QED) is 0.729. The van der Waals surface area contributed by atoms with Gasteiger partial charge < -0.3 is 19.5 Å². The number of aromatic hydroxyl groups is 1. The lowest BCUT2D eigenvalue weighted by atomic mass is 9.83. The third-order valence-electron chi connectivity index (χ3n) is 6.29. The van der Waals surface area contributed by atoms with Crippen LogP contribution < -0.4 is 9.47 Å². The summed E-state index contributed by atoms with van der Waals surface area (Å²) in [5, 5.41) is 13.2. The van der Waals surface area contributed by atoms with E-state index in [2.05, 4.69) is 24.3 Å². The van der Waals surface area contributed by atoms with Crippen molar-refractivity contribution in [3.8, 4) is 17.2 Å². The average Bonchev–Trinajstić information content (AvgIpc) is 3.12. The van der Waals surface area contributed by atoms with Gasteiger partial charge in [-0.1, -0.05) is 42.5 Å². The molecule has 29 heavy (non-hydrogen) atoms. The lowest BCUT2D eigenvalue weighted by Gasteiger charge is -2.40. The second kappa shape index (κ2) is 6.69. The summed E-state index contributed by atoms with van der Waals surface area (Å²) in [6.45, 7) is 0. The van der Waals surface area contributed by atoms with E-state index in [0.717, 1.165) is 33.9 Å². The van der Waals surface area contributed by atoms with Crippen LogP contribution in [0.2, 0.25) is 0 Å². The number of phenolic OH excluding ortho intramolecular Hbond substituents is 1. The molecule has 0 aliphatic carbocycles. The monoisotopic (exact) mass is 389 g/mol. The minimum absolute atomic E-state index is 0.0722. The molecule has 0 saturated carbocycles. The van der Waals surface area contributed by atoms with Crippen LogP contribution in [0.15, 0.2) is 48.5 Å². The van der Waals surface area contributed by atoms with E-state index in [0.29, 0.717) is 24.3 Å². The third-order valence-corrected chi connectivity index (χ3v) is 6.29. The van der Waals surface area contributed by atoms with Gasteiger partial charge in [-0.2, -0.15) is 0 Å². The summed E-state index contributed by atoms with van der Waals surface area (Å²) in [6, 6.07) is 16.1. The molecule has 2 aliphatic heterocycles. The van der Waals surface area contributed by atoms with Crippen LogP contribution in [0.5, 0.6) is 17.2 Å². The summed E-state index contributed by atoms with van der Waals surface area (Å²) >= 11 is 0. The van der Waals surface area contributed by atoms with Gasteiger partial charge in [-0.25, -0.2) is 0 Å². The van der Waals surface area contributed by atoms with Crippen LogP contribution in [0.25, 0.3) is 10.8 Å². The van der Waals surface area contributed by atoms with Crippen LogP contribution in [0.3, 0.4) is 0 Å². The molecule has 0 radical (unpaired) electrons. The molecule has 3 aromatic carbocycles. The van der Waals surface area contributed by atoms with Crippen LogP contribution in [-0.2, 0) is 11.2 Å². The SMILES string of the molecule is COc1cc2c(c(O)c1OC)C[C@H]1CCC(=O)N1[C@@H]2c1cccc2ccccc12. The highest BCUT2D eigenvalue weighted by Crippen LogP contribution is 2.51. The van der Waals surface area contributed by atoms with Crippen LogP contribution in [0.4, 0.5) is 0 Å². The minimum Gasteiger partial charge on any atom is -0.504 e. The second-order valence-corrected chi connectivity index (χ2v) is 7.70. The van der Waals surface area contributed by atoms with Crippen molar-refractivity contribution in [2.75, 3.05) is 14.2 Å². The zero-order valence-corrected chi connectivity index (χ0v) is 16.5. The standard InChI is InChI=1S/C24H23NO4/c1-28-20-13-18-19(23(27)24(20)29-2)12-15-10-11-21(26)25(15)22(18)17-9-5-7-14-6-3-4-8-16(14)17/h3-9,13,15,22,27H,10-12H2,1-2H3/t15-,22-/m1/s1. The largest absolute Gasteiger partial charge is 0.504 e. The van der Waals surface area contributed by atoms with E-state index in [-0.39, 0.29) is 23.7 Å². The summed E-state index contributed by atoms with van der Waals surface area (Å²) in [5.41, 5.74) is 2.82. The summed E-state index contributed by atoms with van der Waals surface area (Å²) < 4.78 is 10.9. The van der Waals surface area contributed by atoms with Gasteiger partial charge in [0.05, 0.1) is 20.3 Å². The predicted molar refractivity (Wildman–Crippen MR) is 111 cm³/mol. The molecule has 2 aliphatic rings. The molecule has 1 N–H and O–H groups in total. The van der Waals surface area contributed by atoms with Crippen molar-refractivity contribution in [3.63, 3.8) is 0 Å². The highest BCUT2D eigenvalue weighted by Gasteiger charge is 2.44. The smallest absolute Gasteiger partial charge is 0.223 e. The van der Waals surface area contributed by atoms with E-state index in [1.54, 1.807) is 7.11 Å². The van der Waals surface area contributed by atoms with E-state index in [1.807, 2.05) is 29.2 Å². The Bertz CT molecular complexity index is 1120. The summed E-state index contributed by atoms with van der Waals surface area (Å²) in [7, 11) is 3.09. The predicted octanol–water partition coefficient (Wildman–Crippen LogP) is 4.20. The first-order chi connectivity index (χ1) is 14.1. The fourth-order valence-corrected chi connectivity index (χ4v) is 5.00. The lowest BCUT2D eigenvalue weighted by Crippen LogP contribution is -2.42. The van der Waals surface area contributed by atoms with E-state index in [4.69, 9.17) is 9.47 Å². The molecule has 5 heteroatoms. The molecule has 0 bridgehead atoms. The molecule has 148 valence electrons. The minimum atomic E-state index is -0.268. The molecule has 0 spiro atoms. The molecular formula is C24H23NO4. The van der Waals surface area contributed by atoms with Gasteiger partial charge in [-0.15, -0.1) is 0 Å². The number of phenols is 1. The number of hydrogen-bond donors (Lipinski definition) is 1. The molecule has 0 aromatic heterocycles. The van der Waals surface area contributed by atoms with Gasteiger partial charge in [0.2, 0.25) is 11.7 Å². The van der Waals surface area contributed by atoms with Gasteiger partial charge >= 0.3 is 0 Å². The number of carbonyl (C=O) groups is 1. The Balaban J connectivity index is 1.82. The number of carbonyl (C=O) groups excluding carboxylic acids is 1. The van der Waals surface area contributed by atoms with E-state index in [1.165, 1.54) is 7.11 Å². The zero-order valence-electron chi connectivity index (χ0n) is 16.5. The van der Waals surface area contributed by atoms with Crippen molar-refractivity contribution in [3.05, 3.63) is 65.2 Å². The maximum atomic E-state index is 12.9. The highest BCUT2D eigenvalue weighted by molar-refractivity contribution is 5.88. The summed E-state index contributed by atoms with van der Waals surface area (Å²) in [4.78, 5) is 14.9. The molecule has 2 heterocycles.